The van der Waals surface area contributed by atoms with Crippen LogP contribution in [0.2, 0.25) is 0 Å². The molecule has 1 amide bonds. The van der Waals surface area contributed by atoms with E-state index in [0.29, 0.717) is 5.56 Å². The van der Waals surface area contributed by atoms with Crippen molar-refractivity contribution in [2.45, 2.75) is 25.6 Å². The van der Waals surface area contributed by atoms with Crippen molar-refractivity contribution >= 4 is 5.91 Å². The van der Waals surface area contributed by atoms with E-state index in [-0.39, 0.29) is 18.0 Å². The molecule has 0 saturated carbocycles. The van der Waals surface area contributed by atoms with Crippen LogP contribution in [0.4, 0.5) is 17.6 Å². The van der Waals surface area contributed by atoms with E-state index in [1.807, 2.05) is 30.3 Å². The lowest BCUT2D eigenvalue weighted by atomic mass is 10.1. The summed E-state index contributed by atoms with van der Waals surface area (Å²) in [5.41, 5.74) is 0.890. The van der Waals surface area contributed by atoms with Gasteiger partial charge in [-0.25, -0.2) is 9.45 Å². The number of aromatic nitrogens is 2. The van der Waals surface area contributed by atoms with E-state index < -0.39 is 29.6 Å². The zero-order valence-electron chi connectivity index (χ0n) is 16.0. The molecule has 1 atom stereocenters. The van der Waals surface area contributed by atoms with Gasteiger partial charge in [0.15, 0.2) is 0 Å². The van der Waals surface area contributed by atoms with Crippen molar-refractivity contribution in [3.63, 3.8) is 0 Å². The quantitative estimate of drug-likeness (QED) is 0.429. The second-order valence-corrected chi connectivity index (χ2v) is 6.40. The monoisotopic (exact) mass is 423 g/mol. The van der Waals surface area contributed by atoms with Gasteiger partial charge in [-0.2, -0.15) is 18.2 Å². The molecule has 0 saturated heterocycles. The maximum atomic E-state index is 14.4. The van der Waals surface area contributed by atoms with Crippen molar-refractivity contribution in [2.75, 3.05) is 7.11 Å². The Hall–Kier alpha value is -3.27. The third-order valence-electron chi connectivity index (χ3n) is 4.37. The minimum Gasteiger partial charge on any atom is -0.329 e. The molecule has 158 valence electrons. The maximum Gasteiger partial charge on any atom is 0.471 e. The van der Waals surface area contributed by atoms with Crippen molar-refractivity contribution < 1.29 is 31.7 Å². The predicted molar refractivity (Wildman–Crippen MR) is 97.1 cm³/mol. The van der Waals surface area contributed by atoms with Gasteiger partial charge in [0.05, 0.1) is 25.1 Å². The minimum atomic E-state index is -4.83. The SMILES string of the molecule is CON(C(=O)Cc1ccc(-c2noc(C(F)(F)F)n2)c(F)c1)C(C)c1ccccc1. The Morgan fingerprint density at radius 1 is 1.20 bits per heavy atom. The number of halogens is 4. The summed E-state index contributed by atoms with van der Waals surface area (Å²) >= 11 is 0. The smallest absolute Gasteiger partial charge is 0.329 e. The second-order valence-electron chi connectivity index (χ2n) is 6.40. The van der Waals surface area contributed by atoms with Gasteiger partial charge in [-0.1, -0.05) is 41.6 Å². The van der Waals surface area contributed by atoms with Gasteiger partial charge >= 0.3 is 12.1 Å². The highest BCUT2D eigenvalue weighted by molar-refractivity contribution is 5.78. The Kier molecular flexibility index (Phi) is 6.16. The van der Waals surface area contributed by atoms with E-state index in [9.17, 15) is 22.4 Å². The molecule has 3 aromatic rings. The molecule has 0 aliphatic rings. The molecule has 0 bridgehead atoms. The Labute approximate surface area is 169 Å². The molecule has 0 spiro atoms. The molecular formula is C20H17F4N3O3. The number of carbonyl (C=O) groups is 1. The zero-order chi connectivity index (χ0) is 21.9. The molecule has 30 heavy (non-hydrogen) atoms. The number of nitrogens with zero attached hydrogens (tertiary/aromatic N) is 3. The topological polar surface area (TPSA) is 68.5 Å². The van der Waals surface area contributed by atoms with Crippen LogP contribution in [-0.4, -0.2) is 28.2 Å². The lowest BCUT2D eigenvalue weighted by Gasteiger charge is -2.27. The summed E-state index contributed by atoms with van der Waals surface area (Å²) in [6, 6.07) is 12.5. The summed E-state index contributed by atoms with van der Waals surface area (Å²) in [5, 5.41) is 4.34. The fraction of sp³-hybridized carbons (Fsp3) is 0.250. The van der Waals surface area contributed by atoms with Crippen LogP contribution in [0.3, 0.4) is 0 Å². The number of hydrogen-bond acceptors (Lipinski definition) is 5. The number of alkyl halides is 3. The van der Waals surface area contributed by atoms with E-state index in [1.54, 1.807) is 6.92 Å². The van der Waals surface area contributed by atoms with Crippen LogP contribution >= 0.6 is 0 Å². The fourth-order valence-corrected chi connectivity index (χ4v) is 2.89. The molecule has 0 N–H and O–H groups in total. The average Bonchev–Trinajstić information content (AvgIpc) is 3.19. The molecule has 10 heteroatoms. The van der Waals surface area contributed by atoms with Crippen LogP contribution in [-0.2, 0) is 22.2 Å². The van der Waals surface area contributed by atoms with E-state index in [2.05, 4.69) is 14.7 Å². The van der Waals surface area contributed by atoms with Gasteiger partial charge in [0.1, 0.15) is 5.82 Å². The van der Waals surface area contributed by atoms with Crippen LogP contribution in [0, 0.1) is 5.82 Å². The Bertz CT molecular complexity index is 1020. The van der Waals surface area contributed by atoms with Gasteiger partial charge in [0, 0.05) is 0 Å². The van der Waals surface area contributed by atoms with Crippen LogP contribution < -0.4 is 0 Å². The van der Waals surface area contributed by atoms with Gasteiger partial charge in [-0.05, 0) is 30.2 Å². The van der Waals surface area contributed by atoms with Gasteiger partial charge in [0.25, 0.3) is 5.91 Å². The van der Waals surface area contributed by atoms with Gasteiger partial charge in [-0.15, -0.1) is 0 Å². The molecule has 1 unspecified atom stereocenters. The summed E-state index contributed by atoms with van der Waals surface area (Å²) in [6.45, 7) is 1.79. The molecule has 3 rings (SSSR count). The first-order valence-electron chi connectivity index (χ1n) is 8.81. The summed E-state index contributed by atoms with van der Waals surface area (Å²) < 4.78 is 56.3. The van der Waals surface area contributed by atoms with E-state index in [4.69, 9.17) is 4.84 Å². The number of benzene rings is 2. The Morgan fingerprint density at radius 3 is 2.47 bits per heavy atom. The maximum absolute atomic E-state index is 14.4. The van der Waals surface area contributed by atoms with Crippen molar-refractivity contribution in [3.8, 4) is 11.4 Å². The molecule has 2 aromatic carbocycles. The molecule has 6 nitrogen and oxygen atoms in total. The molecule has 1 aromatic heterocycles. The lowest BCUT2D eigenvalue weighted by Crippen LogP contribution is -2.33. The number of hydrogen-bond donors (Lipinski definition) is 0. The van der Waals surface area contributed by atoms with Gasteiger partial charge < -0.3 is 4.52 Å². The second kappa shape index (κ2) is 8.62. The highest BCUT2D eigenvalue weighted by Gasteiger charge is 2.38. The van der Waals surface area contributed by atoms with Crippen molar-refractivity contribution in [1.82, 2.24) is 15.2 Å². The van der Waals surface area contributed by atoms with E-state index in [0.717, 1.165) is 11.6 Å². The number of hydroxylamine groups is 2. The van der Waals surface area contributed by atoms with Crippen molar-refractivity contribution in [2.24, 2.45) is 0 Å². The highest BCUT2D eigenvalue weighted by atomic mass is 19.4. The normalized spacial score (nSPS) is 12.6. The Balaban J connectivity index is 1.76. The molecule has 0 fully saturated rings. The first kappa shape index (κ1) is 21.4. The molecule has 1 heterocycles. The van der Waals surface area contributed by atoms with Crippen LogP contribution in [0.5, 0.6) is 0 Å². The Morgan fingerprint density at radius 2 is 1.90 bits per heavy atom. The molecule has 0 radical (unpaired) electrons. The largest absolute Gasteiger partial charge is 0.471 e. The van der Waals surface area contributed by atoms with Crippen LogP contribution in [0.1, 0.15) is 30.0 Å². The molecule has 0 aliphatic heterocycles. The number of carbonyl (C=O) groups excluding carboxylic acids is 1. The lowest BCUT2D eigenvalue weighted by molar-refractivity contribution is -0.187. The first-order chi connectivity index (χ1) is 14.2. The molecule has 0 aliphatic carbocycles. The van der Waals surface area contributed by atoms with Crippen molar-refractivity contribution in [3.05, 3.63) is 71.4 Å². The first-order valence-corrected chi connectivity index (χ1v) is 8.81. The number of amides is 1. The summed E-state index contributed by atoms with van der Waals surface area (Å²) in [4.78, 5) is 21.0. The van der Waals surface area contributed by atoms with Crippen LogP contribution in [0.15, 0.2) is 53.1 Å². The van der Waals surface area contributed by atoms with Crippen LogP contribution in [0.25, 0.3) is 11.4 Å². The summed E-state index contributed by atoms with van der Waals surface area (Å²) in [5.74, 6) is -3.40. The molecular weight excluding hydrogens is 406 g/mol. The minimum absolute atomic E-state index is 0.178. The van der Waals surface area contributed by atoms with E-state index >= 15 is 0 Å². The van der Waals surface area contributed by atoms with Crippen molar-refractivity contribution in [1.29, 1.82) is 0 Å². The number of rotatable bonds is 6. The fourth-order valence-electron chi connectivity index (χ4n) is 2.89. The summed E-state index contributed by atoms with van der Waals surface area (Å²) in [6.07, 6.45) is -5.00. The zero-order valence-corrected chi connectivity index (χ0v) is 16.0. The third kappa shape index (κ3) is 4.65. The van der Waals surface area contributed by atoms with Gasteiger partial charge in [0.2, 0.25) is 5.82 Å². The highest BCUT2D eigenvalue weighted by Crippen LogP contribution is 2.30. The predicted octanol–water partition coefficient (Wildman–Crippen LogP) is 4.59. The van der Waals surface area contributed by atoms with Gasteiger partial charge in [-0.3, -0.25) is 9.63 Å². The van der Waals surface area contributed by atoms with E-state index in [1.165, 1.54) is 24.3 Å². The third-order valence-corrected chi connectivity index (χ3v) is 4.37. The standard InChI is InChI=1S/C20H17F4N3O3/c1-12(14-6-4-3-5-7-14)27(29-2)17(28)11-13-8-9-15(16(21)10-13)18-25-19(30-26-18)20(22,23)24/h3-10,12H,11H2,1-2H3. The average molecular weight is 423 g/mol. The summed E-state index contributed by atoms with van der Waals surface area (Å²) in [7, 11) is 1.36.